The standard InChI is InChI=1S/C62H35N5S/c63-36-38-25-27-39(28-26-38)42-19-12-20-43(52(42)37-64)46-30-29-41(33-57(46)67-54-22-9-5-16-45(54)50-34-51-47-17-7-11-24-59(47)68-60(51)35-58(50)67)65-55-23-10-6-18-49(55)61-56(65)32-31-48-44-15-4-8-21-53(44)66(62(48)61)40-13-2-1-3-14-40/h1-35H. The van der Waals surface area contributed by atoms with Crippen LogP contribution in [0.25, 0.3) is 125 Å². The Morgan fingerprint density at radius 2 is 1.01 bits per heavy atom. The van der Waals surface area contributed by atoms with Crippen LogP contribution in [0.4, 0.5) is 0 Å². The Bertz CT molecular complexity index is 4510. The molecule has 14 rings (SSSR count). The highest BCUT2D eigenvalue weighted by Gasteiger charge is 2.24. The van der Waals surface area contributed by atoms with Gasteiger partial charge in [-0.3, -0.25) is 0 Å². The van der Waals surface area contributed by atoms with Gasteiger partial charge in [0.1, 0.15) is 6.07 Å². The fourth-order valence-electron chi connectivity index (χ4n) is 11.0. The Labute approximate surface area is 394 Å². The largest absolute Gasteiger partial charge is 0.309 e. The molecule has 6 heteroatoms. The summed E-state index contributed by atoms with van der Waals surface area (Å²) in [6, 6.07) is 80.1. The smallest absolute Gasteiger partial charge is 0.100 e. The van der Waals surface area contributed by atoms with E-state index in [-0.39, 0.29) is 0 Å². The normalized spacial score (nSPS) is 11.8. The lowest BCUT2D eigenvalue weighted by atomic mass is 9.91. The van der Waals surface area contributed by atoms with E-state index in [1.807, 2.05) is 47.7 Å². The van der Waals surface area contributed by atoms with E-state index in [9.17, 15) is 10.5 Å². The third kappa shape index (κ3) is 5.41. The lowest BCUT2D eigenvalue weighted by Gasteiger charge is -2.19. The third-order valence-electron chi connectivity index (χ3n) is 13.9. The molecule has 0 fully saturated rings. The molecule has 14 aromatic rings. The molecule has 10 aromatic carbocycles. The Balaban J connectivity index is 1.10. The number of aromatic nitrogens is 3. The van der Waals surface area contributed by atoms with Crippen LogP contribution in [0.2, 0.25) is 0 Å². The van der Waals surface area contributed by atoms with E-state index in [0.29, 0.717) is 11.1 Å². The van der Waals surface area contributed by atoms with Crippen LogP contribution in [0.3, 0.4) is 0 Å². The molecule has 0 aliphatic carbocycles. The monoisotopic (exact) mass is 881 g/mol. The zero-order valence-electron chi connectivity index (χ0n) is 36.4. The van der Waals surface area contributed by atoms with Crippen molar-refractivity contribution in [1.29, 1.82) is 10.5 Å². The van der Waals surface area contributed by atoms with Crippen molar-refractivity contribution in [2.75, 3.05) is 0 Å². The lowest BCUT2D eigenvalue weighted by Crippen LogP contribution is -2.02. The van der Waals surface area contributed by atoms with Crippen molar-refractivity contribution in [3.05, 3.63) is 223 Å². The van der Waals surface area contributed by atoms with Crippen LogP contribution in [0.1, 0.15) is 11.1 Å². The van der Waals surface area contributed by atoms with Crippen LogP contribution < -0.4 is 0 Å². The average Bonchev–Trinajstić information content (AvgIpc) is 4.14. The highest BCUT2D eigenvalue weighted by atomic mass is 32.1. The number of para-hydroxylation sites is 4. The van der Waals surface area contributed by atoms with Crippen LogP contribution in [0.15, 0.2) is 212 Å². The molecule has 0 aliphatic rings. The van der Waals surface area contributed by atoms with Gasteiger partial charge in [0.15, 0.2) is 0 Å². The molecule has 0 saturated heterocycles. The number of nitrogens with zero attached hydrogens (tertiary/aromatic N) is 5. The second kappa shape index (κ2) is 14.7. The van der Waals surface area contributed by atoms with E-state index >= 15 is 0 Å². The molecule has 0 bridgehead atoms. The van der Waals surface area contributed by atoms with Gasteiger partial charge in [-0.15, -0.1) is 11.3 Å². The van der Waals surface area contributed by atoms with Crippen molar-refractivity contribution in [2.24, 2.45) is 0 Å². The van der Waals surface area contributed by atoms with Crippen molar-refractivity contribution < 1.29 is 0 Å². The minimum atomic E-state index is 0.576. The summed E-state index contributed by atoms with van der Waals surface area (Å²) in [5.41, 5.74) is 14.4. The number of hydrogen-bond acceptors (Lipinski definition) is 3. The zero-order chi connectivity index (χ0) is 45.0. The fourth-order valence-corrected chi connectivity index (χ4v) is 12.1. The summed E-state index contributed by atoms with van der Waals surface area (Å²) < 4.78 is 9.75. The molecule has 0 spiro atoms. The zero-order valence-corrected chi connectivity index (χ0v) is 37.2. The summed E-state index contributed by atoms with van der Waals surface area (Å²) in [5, 5.41) is 30.4. The number of nitriles is 2. The highest BCUT2D eigenvalue weighted by molar-refractivity contribution is 7.25. The molecule has 0 atom stereocenters. The molecule has 5 nitrogen and oxygen atoms in total. The highest BCUT2D eigenvalue weighted by Crippen LogP contribution is 2.46. The number of thiophene rings is 1. The summed E-state index contributed by atoms with van der Waals surface area (Å²) in [5.74, 6) is 0. The van der Waals surface area contributed by atoms with Gasteiger partial charge in [-0.1, -0.05) is 133 Å². The van der Waals surface area contributed by atoms with Crippen molar-refractivity contribution in [1.82, 2.24) is 13.7 Å². The molecule has 4 heterocycles. The van der Waals surface area contributed by atoms with Gasteiger partial charge in [-0.2, -0.15) is 10.5 Å². The minimum Gasteiger partial charge on any atom is -0.309 e. The van der Waals surface area contributed by atoms with E-state index in [2.05, 4.69) is 202 Å². The lowest BCUT2D eigenvalue weighted by molar-refractivity contribution is 1.14. The predicted octanol–water partition coefficient (Wildman–Crippen LogP) is 16.4. The molecule has 0 aliphatic heterocycles. The first-order valence-corrected chi connectivity index (χ1v) is 23.5. The van der Waals surface area contributed by atoms with Crippen molar-refractivity contribution in [3.8, 4) is 51.5 Å². The van der Waals surface area contributed by atoms with Gasteiger partial charge in [0.05, 0.1) is 56.0 Å². The van der Waals surface area contributed by atoms with E-state index in [1.54, 1.807) is 0 Å². The van der Waals surface area contributed by atoms with Crippen LogP contribution in [0.5, 0.6) is 0 Å². The molecular formula is C62H35N5S. The van der Waals surface area contributed by atoms with Gasteiger partial charge in [0, 0.05) is 80.6 Å². The van der Waals surface area contributed by atoms with Crippen molar-refractivity contribution >= 4 is 96.9 Å². The van der Waals surface area contributed by atoms with E-state index in [1.165, 1.54) is 58.1 Å². The predicted molar refractivity (Wildman–Crippen MR) is 283 cm³/mol. The molecule has 0 saturated carbocycles. The molecule has 0 N–H and O–H groups in total. The summed E-state index contributed by atoms with van der Waals surface area (Å²) >= 11 is 1.82. The quantitative estimate of drug-likeness (QED) is 0.173. The Morgan fingerprint density at radius 1 is 0.353 bits per heavy atom. The minimum absolute atomic E-state index is 0.576. The van der Waals surface area contributed by atoms with Gasteiger partial charge < -0.3 is 13.7 Å². The molecule has 0 unspecified atom stereocenters. The van der Waals surface area contributed by atoms with Gasteiger partial charge in [0.25, 0.3) is 0 Å². The second-order valence-corrected chi connectivity index (χ2v) is 18.5. The number of benzene rings is 10. The molecule has 314 valence electrons. The van der Waals surface area contributed by atoms with Gasteiger partial charge in [-0.25, -0.2) is 0 Å². The number of hydrogen-bond donors (Lipinski definition) is 0. The third-order valence-corrected chi connectivity index (χ3v) is 15.1. The topological polar surface area (TPSA) is 62.4 Å². The number of rotatable bonds is 5. The molecule has 0 amide bonds. The maximum absolute atomic E-state index is 11.1. The van der Waals surface area contributed by atoms with Gasteiger partial charge in [0.2, 0.25) is 0 Å². The van der Waals surface area contributed by atoms with Crippen molar-refractivity contribution in [2.45, 2.75) is 0 Å². The van der Waals surface area contributed by atoms with Gasteiger partial charge >= 0.3 is 0 Å². The SMILES string of the molecule is N#Cc1ccc(-c2cccc(-c3ccc(-n4c5ccccc5c5c4ccc4c6ccccc6n(-c6ccccc6)c45)cc3-n3c4ccccc4c4cc5c(cc43)sc3ccccc35)c2C#N)cc1. The van der Waals surface area contributed by atoms with Gasteiger partial charge in [-0.05, 0) is 84.4 Å². The molecule has 68 heavy (non-hydrogen) atoms. The first-order chi connectivity index (χ1) is 33.7. The summed E-state index contributed by atoms with van der Waals surface area (Å²) in [6.07, 6.45) is 0. The summed E-state index contributed by atoms with van der Waals surface area (Å²) in [6.45, 7) is 0. The van der Waals surface area contributed by atoms with Crippen molar-refractivity contribution in [3.63, 3.8) is 0 Å². The molecular weight excluding hydrogens is 847 g/mol. The van der Waals surface area contributed by atoms with Crippen LogP contribution in [-0.2, 0) is 0 Å². The fraction of sp³-hybridized carbons (Fsp3) is 0. The summed E-state index contributed by atoms with van der Waals surface area (Å²) in [7, 11) is 0. The maximum atomic E-state index is 11.1. The van der Waals surface area contributed by atoms with E-state index < -0.39 is 0 Å². The Morgan fingerprint density at radius 3 is 1.78 bits per heavy atom. The van der Waals surface area contributed by atoms with E-state index in [4.69, 9.17) is 0 Å². The van der Waals surface area contributed by atoms with Crippen LogP contribution in [0, 0.1) is 22.7 Å². The summed E-state index contributed by atoms with van der Waals surface area (Å²) in [4.78, 5) is 0. The maximum Gasteiger partial charge on any atom is 0.100 e. The van der Waals surface area contributed by atoms with E-state index in [0.717, 1.165) is 66.8 Å². The first-order valence-electron chi connectivity index (χ1n) is 22.7. The second-order valence-electron chi connectivity index (χ2n) is 17.4. The molecule has 0 radical (unpaired) electrons. The first kappa shape index (κ1) is 38.1. The average molecular weight is 882 g/mol. The number of fused-ring (bicyclic) bond motifs is 13. The Hall–Kier alpha value is -9.20. The molecule has 4 aromatic heterocycles. The van der Waals surface area contributed by atoms with Crippen LogP contribution in [-0.4, -0.2) is 13.7 Å². The Kier molecular flexibility index (Phi) is 8.21. The van der Waals surface area contributed by atoms with Crippen LogP contribution >= 0.6 is 11.3 Å².